The predicted molar refractivity (Wildman–Crippen MR) is 79.8 cm³/mol. The number of rotatable bonds is 7. The third-order valence-corrected chi connectivity index (χ3v) is 3.98. The van der Waals surface area contributed by atoms with Crippen molar-refractivity contribution in [1.82, 2.24) is 15.3 Å². The van der Waals surface area contributed by atoms with Crippen molar-refractivity contribution in [1.29, 1.82) is 0 Å². The number of nitrogens with one attached hydrogen (secondary N) is 1. The molecule has 2 heterocycles. The number of methoxy groups -OCH3 is 1. The van der Waals surface area contributed by atoms with Crippen LogP contribution in [-0.4, -0.2) is 36.3 Å². The Kier molecular flexibility index (Phi) is 5.24. The van der Waals surface area contributed by atoms with Gasteiger partial charge >= 0.3 is 0 Å². The first-order chi connectivity index (χ1) is 9.24. The first kappa shape index (κ1) is 14.4. The molecule has 1 N–H and O–H groups in total. The Labute approximate surface area is 118 Å². The monoisotopic (exact) mass is 279 g/mol. The van der Waals surface area contributed by atoms with Gasteiger partial charge in [-0.05, 0) is 26.0 Å². The molecule has 0 fully saturated rings. The van der Waals surface area contributed by atoms with Crippen LogP contribution in [0.2, 0.25) is 0 Å². The van der Waals surface area contributed by atoms with Gasteiger partial charge in [0.2, 0.25) is 0 Å². The number of aromatic nitrogens is 2. The minimum absolute atomic E-state index is 0.309. The molecule has 0 saturated carbocycles. The summed E-state index contributed by atoms with van der Waals surface area (Å²) in [6.07, 6.45) is 3.66. The summed E-state index contributed by atoms with van der Waals surface area (Å²) in [6, 6.07) is 2.49. The molecule has 104 valence electrons. The van der Waals surface area contributed by atoms with E-state index in [9.17, 15) is 0 Å². The lowest BCUT2D eigenvalue weighted by Gasteiger charge is -2.17. The molecule has 0 aromatic carbocycles. The Morgan fingerprint density at radius 3 is 3.00 bits per heavy atom. The van der Waals surface area contributed by atoms with Crippen molar-refractivity contribution in [2.24, 2.45) is 0 Å². The fourth-order valence-corrected chi connectivity index (χ4v) is 3.03. The number of nitrogens with zero attached hydrogens (tertiary/aromatic N) is 2. The molecule has 4 nitrogen and oxygen atoms in total. The zero-order chi connectivity index (χ0) is 13.7. The fraction of sp³-hybridized carbons (Fsp3) is 0.571. The van der Waals surface area contributed by atoms with E-state index in [2.05, 4.69) is 35.2 Å². The van der Waals surface area contributed by atoms with Gasteiger partial charge in [0.25, 0.3) is 0 Å². The minimum Gasteiger partial charge on any atom is -0.383 e. The van der Waals surface area contributed by atoms with Gasteiger partial charge in [-0.15, -0.1) is 11.3 Å². The van der Waals surface area contributed by atoms with Crippen LogP contribution in [0.5, 0.6) is 0 Å². The number of hydrogen-bond donors (Lipinski definition) is 1. The summed E-state index contributed by atoms with van der Waals surface area (Å²) in [4.78, 5) is 11.1. The van der Waals surface area contributed by atoms with Crippen LogP contribution >= 0.6 is 11.3 Å². The highest BCUT2D eigenvalue weighted by Gasteiger charge is 2.13. The smallest absolute Gasteiger partial charge is 0.127 e. The number of aryl methyl sites for hydroxylation is 1. The molecule has 0 saturated heterocycles. The van der Waals surface area contributed by atoms with E-state index in [0.29, 0.717) is 12.6 Å². The van der Waals surface area contributed by atoms with Crippen LogP contribution in [0.25, 0.3) is 10.2 Å². The SMILES string of the molecule is CCCNC(COC)Cc1ncnc2sc(C)cc12. The molecule has 2 rings (SSSR count). The molecule has 0 aliphatic heterocycles. The molecule has 0 bridgehead atoms. The van der Waals surface area contributed by atoms with Crippen molar-refractivity contribution >= 4 is 21.6 Å². The van der Waals surface area contributed by atoms with Crippen molar-refractivity contribution in [2.45, 2.75) is 32.7 Å². The van der Waals surface area contributed by atoms with Gasteiger partial charge in [0.1, 0.15) is 11.2 Å². The molecule has 0 aliphatic carbocycles. The van der Waals surface area contributed by atoms with Gasteiger partial charge in [0, 0.05) is 29.8 Å². The Morgan fingerprint density at radius 1 is 1.42 bits per heavy atom. The van der Waals surface area contributed by atoms with Crippen molar-refractivity contribution in [2.75, 3.05) is 20.3 Å². The van der Waals surface area contributed by atoms with Crippen molar-refractivity contribution in [3.8, 4) is 0 Å². The lowest BCUT2D eigenvalue weighted by Crippen LogP contribution is -2.36. The zero-order valence-corrected chi connectivity index (χ0v) is 12.6. The molecule has 1 unspecified atom stereocenters. The molecule has 1 atom stereocenters. The summed E-state index contributed by atoms with van der Waals surface area (Å²) >= 11 is 1.72. The van der Waals surface area contributed by atoms with E-state index in [1.807, 2.05) is 0 Å². The Balaban J connectivity index is 2.17. The molecule has 2 aromatic rings. The Morgan fingerprint density at radius 2 is 2.26 bits per heavy atom. The van der Waals surface area contributed by atoms with Crippen LogP contribution < -0.4 is 5.32 Å². The van der Waals surface area contributed by atoms with Crippen molar-refractivity contribution < 1.29 is 4.74 Å². The normalized spacial score (nSPS) is 13.0. The summed E-state index contributed by atoms with van der Waals surface area (Å²) < 4.78 is 5.29. The summed E-state index contributed by atoms with van der Waals surface area (Å²) in [5.74, 6) is 0. The molecule has 19 heavy (non-hydrogen) atoms. The summed E-state index contributed by atoms with van der Waals surface area (Å²) in [6.45, 7) is 5.99. The number of thiophene rings is 1. The van der Waals surface area contributed by atoms with Crippen LogP contribution in [0.3, 0.4) is 0 Å². The van der Waals surface area contributed by atoms with Gasteiger partial charge in [0.05, 0.1) is 12.3 Å². The van der Waals surface area contributed by atoms with Gasteiger partial charge in [0.15, 0.2) is 0 Å². The van der Waals surface area contributed by atoms with E-state index in [-0.39, 0.29) is 0 Å². The van der Waals surface area contributed by atoms with Crippen LogP contribution in [-0.2, 0) is 11.2 Å². The number of hydrogen-bond acceptors (Lipinski definition) is 5. The van der Waals surface area contributed by atoms with Crippen molar-refractivity contribution in [3.63, 3.8) is 0 Å². The maximum Gasteiger partial charge on any atom is 0.127 e. The minimum atomic E-state index is 0.309. The first-order valence-corrected chi connectivity index (χ1v) is 7.48. The number of fused-ring (bicyclic) bond motifs is 1. The third-order valence-electron chi connectivity index (χ3n) is 3.03. The Bertz CT molecular complexity index is 526. The maximum absolute atomic E-state index is 5.29. The quantitative estimate of drug-likeness (QED) is 0.846. The van der Waals surface area contributed by atoms with Crippen molar-refractivity contribution in [3.05, 3.63) is 23.0 Å². The standard InChI is InChI=1S/C14H21N3OS/c1-4-5-15-11(8-18-3)7-13-12-6-10(2)19-14(12)17-9-16-13/h6,9,11,15H,4-5,7-8H2,1-3H3. The predicted octanol–water partition coefficient (Wildman–Crippen LogP) is 2.56. The average Bonchev–Trinajstić information content (AvgIpc) is 2.77. The van der Waals surface area contributed by atoms with Gasteiger partial charge < -0.3 is 10.1 Å². The molecule has 5 heteroatoms. The second-order valence-electron chi connectivity index (χ2n) is 4.71. The second-order valence-corrected chi connectivity index (χ2v) is 5.94. The van der Waals surface area contributed by atoms with Crippen LogP contribution in [0.15, 0.2) is 12.4 Å². The topological polar surface area (TPSA) is 47.0 Å². The molecule has 0 radical (unpaired) electrons. The zero-order valence-electron chi connectivity index (χ0n) is 11.8. The largest absolute Gasteiger partial charge is 0.383 e. The molecular weight excluding hydrogens is 258 g/mol. The molecule has 2 aromatic heterocycles. The van der Waals surface area contributed by atoms with Gasteiger partial charge in [-0.3, -0.25) is 0 Å². The van der Waals surface area contributed by atoms with E-state index in [4.69, 9.17) is 4.74 Å². The summed E-state index contributed by atoms with van der Waals surface area (Å²) in [7, 11) is 1.74. The van der Waals surface area contributed by atoms with Crippen LogP contribution in [0, 0.1) is 6.92 Å². The third kappa shape index (κ3) is 3.72. The van der Waals surface area contributed by atoms with Gasteiger partial charge in [-0.2, -0.15) is 0 Å². The lowest BCUT2D eigenvalue weighted by molar-refractivity contribution is 0.166. The lowest BCUT2D eigenvalue weighted by atomic mass is 10.1. The van der Waals surface area contributed by atoms with E-state index >= 15 is 0 Å². The van der Waals surface area contributed by atoms with Gasteiger partial charge in [-0.25, -0.2) is 9.97 Å². The van der Waals surface area contributed by atoms with Crippen LogP contribution in [0.4, 0.5) is 0 Å². The first-order valence-electron chi connectivity index (χ1n) is 6.67. The van der Waals surface area contributed by atoms with E-state index in [1.165, 1.54) is 10.3 Å². The molecular formula is C14H21N3OS. The van der Waals surface area contributed by atoms with Crippen LogP contribution in [0.1, 0.15) is 23.9 Å². The molecule has 0 aliphatic rings. The summed E-state index contributed by atoms with van der Waals surface area (Å²) in [5, 5.41) is 4.69. The van der Waals surface area contributed by atoms with E-state index in [0.717, 1.165) is 29.9 Å². The fourth-order valence-electron chi connectivity index (χ4n) is 2.16. The highest BCUT2D eigenvalue weighted by Crippen LogP contribution is 2.25. The highest BCUT2D eigenvalue weighted by molar-refractivity contribution is 7.18. The highest BCUT2D eigenvalue weighted by atomic mass is 32.1. The van der Waals surface area contributed by atoms with E-state index in [1.54, 1.807) is 24.8 Å². The Hall–Kier alpha value is -1.04. The maximum atomic E-state index is 5.29. The van der Waals surface area contributed by atoms with E-state index < -0.39 is 0 Å². The second kappa shape index (κ2) is 6.93. The molecule has 0 spiro atoms. The summed E-state index contributed by atoms with van der Waals surface area (Å²) in [5.41, 5.74) is 1.11. The van der Waals surface area contributed by atoms with Gasteiger partial charge in [-0.1, -0.05) is 6.92 Å². The average molecular weight is 279 g/mol. The molecule has 0 amide bonds. The number of ether oxygens (including phenoxy) is 1.